The number of benzene rings is 5. The Balaban J connectivity index is 1.70. The minimum Gasteiger partial charge on any atom is -0.396 e. The molecule has 8 N–H and O–H groups in total. The normalized spacial score (nSPS) is 11.5. The first-order valence-electron chi connectivity index (χ1n) is 14.1. The van der Waals surface area contributed by atoms with Crippen LogP contribution in [0.2, 0.25) is 0 Å². The Morgan fingerprint density at radius 3 is 0.750 bits per heavy atom. The zero-order chi connectivity index (χ0) is 32.0. The highest BCUT2D eigenvalue weighted by Crippen LogP contribution is 2.40. The van der Waals surface area contributed by atoms with E-state index < -0.39 is 35.1 Å². The summed E-state index contributed by atoms with van der Waals surface area (Å²) in [5, 5.41) is 0. The summed E-state index contributed by atoms with van der Waals surface area (Å²) in [6, 6.07) is 19.9. The quantitative estimate of drug-likeness (QED) is 0.0899. The van der Waals surface area contributed by atoms with Crippen LogP contribution >= 0.6 is 0 Å². The van der Waals surface area contributed by atoms with Crippen LogP contribution in [0.1, 0.15) is 67.5 Å². The van der Waals surface area contributed by atoms with Gasteiger partial charge in [0.05, 0.1) is 22.7 Å². The number of hydrogen-bond donors (Lipinski definition) is 4. The lowest BCUT2D eigenvalue weighted by atomic mass is 9.80. The summed E-state index contributed by atoms with van der Waals surface area (Å²) < 4.78 is 59.6. The molecule has 0 aliphatic carbocycles. The molecule has 0 heterocycles. The molecular formula is C36H34F4N4. The summed E-state index contributed by atoms with van der Waals surface area (Å²) in [6.45, 7) is 6.85. The summed E-state index contributed by atoms with van der Waals surface area (Å²) in [5.74, 6) is -3.44. The standard InChI is InChI=1S/C36H34F4N4/c1-17-9-23(13-27(37)33(17)41)31(24-10-18(2)34(42)28(38)14-24)21-5-7-22(8-6-21)32(25-11-19(3)35(43)29(39)15-25)26-12-20(4)36(44)30(40)16-26/h5-16,31-32H,41-44H2,1-4H3. The van der Waals surface area contributed by atoms with Crippen molar-refractivity contribution >= 4 is 22.7 Å². The smallest absolute Gasteiger partial charge is 0.146 e. The fourth-order valence-electron chi connectivity index (χ4n) is 5.83. The van der Waals surface area contributed by atoms with Gasteiger partial charge in [-0.25, -0.2) is 17.6 Å². The van der Waals surface area contributed by atoms with Crippen molar-refractivity contribution in [1.82, 2.24) is 0 Å². The Hall–Kier alpha value is -4.98. The van der Waals surface area contributed by atoms with Crippen LogP contribution < -0.4 is 22.9 Å². The molecule has 8 heteroatoms. The molecule has 44 heavy (non-hydrogen) atoms. The third kappa shape index (κ3) is 5.55. The highest BCUT2D eigenvalue weighted by molar-refractivity contribution is 5.59. The number of hydrogen-bond acceptors (Lipinski definition) is 4. The molecule has 0 fully saturated rings. The lowest BCUT2D eigenvalue weighted by Crippen LogP contribution is -2.10. The molecule has 0 unspecified atom stereocenters. The van der Waals surface area contributed by atoms with Crippen LogP contribution in [0.25, 0.3) is 0 Å². The van der Waals surface area contributed by atoms with Crippen LogP contribution in [0, 0.1) is 51.0 Å². The van der Waals surface area contributed by atoms with Gasteiger partial charge in [-0.05, 0) is 108 Å². The maximum atomic E-state index is 14.9. The van der Waals surface area contributed by atoms with E-state index in [1.54, 1.807) is 52.0 Å². The molecule has 0 atom stereocenters. The van der Waals surface area contributed by atoms with E-state index in [-0.39, 0.29) is 22.7 Å². The Morgan fingerprint density at radius 2 is 0.568 bits per heavy atom. The average molecular weight is 599 g/mol. The highest BCUT2D eigenvalue weighted by Gasteiger charge is 2.24. The molecule has 0 aliphatic heterocycles. The summed E-state index contributed by atoms with van der Waals surface area (Å²) in [4.78, 5) is 0. The molecule has 226 valence electrons. The molecule has 0 bridgehead atoms. The van der Waals surface area contributed by atoms with Crippen molar-refractivity contribution in [2.24, 2.45) is 0 Å². The van der Waals surface area contributed by atoms with Gasteiger partial charge >= 0.3 is 0 Å². The van der Waals surface area contributed by atoms with Crippen LogP contribution in [0.5, 0.6) is 0 Å². The van der Waals surface area contributed by atoms with E-state index in [0.29, 0.717) is 44.5 Å². The minimum absolute atomic E-state index is 0.0439. The van der Waals surface area contributed by atoms with Gasteiger partial charge in [-0.2, -0.15) is 0 Å². The van der Waals surface area contributed by atoms with Gasteiger partial charge in [-0.1, -0.05) is 48.5 Å². The SMILES string of the molecule is Cc1cc(C(c2ccc(C(c3cc(C)c(N)c(F)c3)c3cc(C)c(N)c(F)c3)cc2)c2cc(C)c(N)c(F)c2)cc(F)c1N. The summed E-state index contributed by atoms with van der Waals surface area (Å²) >= 11 is 0. The maximum Gasteiger partial charge on any atom is 0.146 e. The highest BCUT2D eigenvalue weighted by atomic mass is 19.1. The maximum absolute atomic E-state index is 14.9. The third-order valence-electron chi connectivity index (χ3n) is 8.37. The van der Waals surface area contributed by atoms with Crippen LogP contribution in [0.4, 0.5) is 40.3 Å². The third-order valence-corrected chi connectivity index (χ3v) is 8.37. The molecule has 5 aromatic rings. The van der Waals surface area contributed by atoms with Gasteiger partial charge in [-0.15, -0.1) is 0 Å². The van der Waals surface area contributed by atoms with Crippen molar-refractivity contribution in [3.63, 3.8) is 0 Å². The van der Waals surface area contributed by atoms with Gasteiger partial charge in [0.1, 0.15) is 23.3 Å². The van der Waals surface area contributed by atoms with Crippen LogP contribution in [-0.4, -0.2) is 0 Å². The van der Waals surface area contributed by atoms with Crippen LogP contribution in [0.3, 0.4) is 0 Å². The van der Waals surface area contributed by atoms with Crippen molar-refractivity contribution in [2.45, 2.75) is 39.5 Å². The Kier molecular flexibility index (Phi) is 8.04. The van der Waals surface area contributed by atoms with E-state index >= 15 is 0 Å². The molecule has 0 amide bonds. The summed E-state index contributed by atoms with van der Waals surface area (Å²) in [5.41, 5.74) is 29.8. The Bertz CT molecular complexity index is 1550. The zero-order valence-corrected chi connectivity index (χ0v) is 24.9. The first-order chi connectivity index (χ1) is 20.8. The van der Waals surface area contributed by atoms with E-state index in [0.717, 1.165) is 11.1 Å². The average Bonchev–Trinajstić information content (AvgIpc) is 2.97. The molecular weight excluding hydrogens is 564 g/mol. The van der Waals surface area contributed by atoms with Crippen molar-refractivity contribution in [3.05, 3.63) is 152 Å². The number of aryl methyl sites for hydroxylation is 4. The van der Waals surface area contributed by atoms with Crippen LogP contribution in [-0.2, 0) is 0 Å². The van der Waals surface area contributed by atoms with Gasteiger partial charge < -0.3 is 22.9 Å². The monoisotopic (exact) mass is 598 g/mol. The van der Waals surface area contributed by atoms with Crippen molar-refractivity contribution in [2.75, 3.05) is 22.9 Å². The number of rotatable bonds is 6. The lowest BCUT2D eigenvalue weighted by molar-refractivity contribution is 0.624. The number of anilines is 4. The van der Waals surface area contributed by atoms with E-state index in [1.165, 1.54) is 24.3 Å². The second-order valence-corrected chi connectivity index (χ2v) is 11.5. The van der Waals surface area contributed by atoms with Crippen molar-refractivity contribution in [1.29, 1.82) is 0 Å². The minimum atomic E-state index is -0.573. The van der Waals surface area contributed by atoms with Gasteiger partial charge in [0.25, 0.3) is 0 Å². The molecule has 0 spiro atoms. The van der Waals surface area contributed by atoms with Crippen molar-refractivity contribution < 1.29 is 17.6 Å². The molecule has 0 aromatic heterocycles. The molecule has 0 saturated heterocycles. The van der Waals surface area contributed by atoms with Gasteiger partial charge in [0, 0.05) is 11.8 Å². The van der Waals surface area contributed by atoms with Gasteiger partial charge in [0.2, 0.25) is 0 Å². The molecule has 0 radical (unpaired) electrons. The van der Waals surface area contributed by atoms with E-state index in [4.69, 9.17) is 22.9 Å². The zero-order valence-electron chi connectivity index (χ0n) is 24.9. The topological polar surface area (TPSA) is 104 Å². The fourth-order valence-corrected chi connectivity index (χ4v) is 5.83. The second kappa shape index (κ2) is 11.6. The molecule has 4 nitrogen and oxygen atoms in total. The lowest BCUT2D eigenvalue weighted by Gasteiger charge is -2.24. The Morgan fingerprint density at radius 1 is 0.364 bits per heavy atom. The molecule has 0 aliphatic rings. The first-order valence-corrected chi connectivity index (χ1v) is 14.1. The number of halogens is 4. The van der Waals surface area contributed by atoms with Crippen molar-refractivity contribution in [3.8, 4) is 0 Å². The fraction of sp³-hybridized carbons (Fsp3) is 0.167. The number of nitrogen functional groups attached to an aromatic ring is 4. The predicted molar refractivity (Wildman–Crippen MR) is 171 cm³/mol. The largest absolute Gasteiger partial charge is 0.396 e. The molecule has 5 rings (SSSR count). The summed E-state index contributed by atoms with van der Waals surface area (Å²) in [6.07, 6.45) is 0. The Labute approximate surface area is 254 Å². The molecule has 5 aromatic carbocycles. The van der Waals surface area contributed by atoms with E-state index in [2.05, 4.69) is 0 Å². The second-order valence-electron chi connectivity index (χ2n) is 11.5. The van der Waals surface area contributed by atoms with Gasteiger partial charge in [-0.3, -0.25) is 0 Å². The first kappa shape index (κ1) is 30.5. The number of nitrogens with two attached hydrogens (primary N) is 4. The summed E-state index contributed by atoms with van der Waals surface area (Å²) in [7, 11) is 0. The van der Waals surface area contributed by atoms with Gasteiger partial charge in [0.15, 0.2) is 0 Å². The van der Waals surface area contributed by atoms with E-state index in [1.807, 2.05) is 24.3 Å². The van der Waals surface area contributed by atoms with Crippen LogP contribution in [0.15, 0.2) is 72.8 Å². The van der Waals surface area contributed by atoms with E-state index in [9.17, 15) is 17.6 Å². The molecule has 0 saturated carbocycles. The predicted octanol–water partition coefficient (Wildman–Crippen LogP) is 8.17.